The zero-order chi connectivity index (χ0) is 18.8. The highest BCUT2D eigenvalue weighted by atomic mass is 16.2. The molecule has 0 N–H and O–H groups in total. The third-order valence-corrected chi connectivity index (χ3v) is 6.76. The molecule has 3 aliphatic heterocycles. The van der Waals surface area contributed by atoms with E-state index in [4.69, 9.17) is 0 Å². The van der Waals surface area contributed by atoms with Crippen LogP contribution in [0.3, 0.4) is 0 Å². The number of amides is 1. The number of likely N-dealkylation sites (tertiary alicyclic amines) is 2. The van der Waals surface area contributed by atoms with E-state index in [0.29, 0.717) is 24.0 Å². The van der Waals surface area contributed by atoms with Gasteiger partial charge in [-0.15, -0.1) is 0 Å². The fraction of sp³-hybridized carbons (Fsp3) is 0.762. The molecule has 27 heavy (non-hydrogen) atoms. The number of carbonyl (C=O) groups is 1. The smallest absolute Gasteiger partial charge is 0.227 e. The second kappa shape index (κ2) is 8.13. The van der Waals surface area contributed by atoms with Crippen molar-refractivity contribution in [2.45, 2.75) is 70.5 Å². The van der Waals surface area contributed by atoms with Gasteiger partial charge in [-0.3, -0.25) is 9.69 Å². The van der Waals surface area contributed by atoms with Gasteiger partial charge in [0.05, 0.1) is 5.92 Å². The zero-order valence-corrected chi connectivity index (χ0v) is 16.8. The summed E-state index contributed by atoms with van der Waals surface area (Å²) in [4.78, 5) is 29.1. The van der Waals surface area contributed by atoms with Crippen LogP contribution in [0.25, 0.3) is 0 Å². The first kappa shape index (κ1) is 18.7. The van der Waals surface area contributed by atoms with Crippen LogP contribution in [-0.2, 0) is 4.79 Å². The van der Waals surface area contributed by atoms with E-state index < -0.39 is 0 Å². The van der Waals surface area contributed by atoms with Gasteiger partial charge in [-0.2, -0.15) is 0 Å². The Bertz CT molecular complexity index is 629. The lowest BCUT2D eigenvalue weighted by Crippen LogP contribution is -2.54. The van der Waals surface area contributed by atoms with Crippen molar-refractivity contribution in [3.8, 4) is 0 Å². The van der Waals surface area contributed by atoms with Crippen molar-refractivity contribution in [3.05, 3.63) is 18.5 Å². The highest BCUT2D eigenvalue weighted by Crippen LogP contribution is 2.31. The summed E-state index contributed by atoms with van der Waals surface area (Å²) in [5.74, 6) is 1.18. The lowest BCUT2D eigenvalue weighted by molar-refractivity contribution is -0.138. The third-order valence-electron chi connectivity index (χ3n) is 6.76. The van der Waals surface area contributed by atoms with Crippen LogP contribution >= 0.6 is 0 Å². The fourth-order valence-corrected chi connectivity index (χ4v) is 5.41. The second-order valence-electron chi connectivity index (χ2n) is 8.64. The van der Waals surface area contributed by atoms with Crippen LogP contribution in [0.15, 0.2) is 18.5 Å². The van der Waals surface area contributed by atoms with Crippen LogP contribution in [0, 0.1) is 5.92 Å². The zero-order valence-electron chi connectivity index (χ0n) is 16.8. The van der Waals surface area contributed by atoms with Gasteiger partial charge < -0.3 is 9.80 Å². The molecule has 0 aliphatic carbocycles. The largest absolute Gasteiger partial charge is 0.341 e. The molecular formula is C21H33N5O. The third kappa shape index (κ3) is 3.96. The number of aromatic nitrogens is 2. The number of rotatable bonds is 3. The van der Waals surface area contributed by atoms with E-state index in [0.717, 1.165) is 51.4 Å². The number of anilines is 1. The average Bonchev–Trinajstić information content (AvgIpc) is 3.06. The average molecular weight is 372 g/mol. The van der Waals surface area contributed by atoms with Crippen molar-refractivity contribution in [3.63, 3.8) is 0 Å². The Hall–Kier alpha value is -1.69. The first-order chi connectivity index (χ1) is 13.1. The lowest BCUT2D eigenvalue weighted by atomic mass is 9.94. The summed E-state index contributed by atoms with van der Waals surface area (Å²) in [6.07, 6.45) is 10.5. The highest BCUT2D eigenvalue weighted by molar-refractivity contribution is 5.79. The summed E-state index contributed by atoms with van der Waals surface area (Å²) >= 11 is 0. The number of nitrogens with zero attached hydrogens (tertiary/aromatic N) is 5. The second-order valence-corrected chi connectivity index (χ2v) is 8.64. The van der Waals surface area contributed by atoms with Crippen molar-refractivity contribution in [1.82, 2.24) is 19.8 Å². The maximum atomic E-state index is 13.3. The molecule has 0 bridgehead atoms. The van der Waals surface area contributed by atoms with Gasteiger partial charge in [0.15, 0.2) is 0 Å². The number of hydrogen-bond donors (Lipinski definition) is 0. The van der Waals surface area contributed by atoms with E-state index in [1.807, 2.05) is 6.07 Å². The number of hydrogen-bond acceptors (Lipinski definition) is 5. The first-order valence-corrected chi connectivity index (χ1v) is 10.7. The summed E-state index contributed by atoms with van der Waals surface area (Å²) < 4.78 is 0. The summed E-state index contributed by atoms with van der Waals surface area (Å²) in [5.41, 5.74) is 0. The molecule has 3 aliphatic rings. The van der Waals surface area contributed by atoms with Gasteiger partial charge in [0.25, 0.3) is 0 Å². The Morgan fingerprint density at radius 3 is 2.41 bits per heavy atom. The summed E-state index contributed by atoms with van der Waals surface area (Å²) in [5, 5.41) is 0. The monoisotopic (exact) mass is 371 g/mol. The maximum absolute atomic E-state index is 13.3. The van der Waals surface area contributed by atoms with Crippen LogP contribution in [0.1, 0.15) is 52.4 Å². The Morgan fingerprint density at radius 1 is 0.963 bits per heavy atom. The van der Waals surface area contributed by atoms with Crippen molar-refractivity contribution < 1.29 is 4.79 Å². The van der Waals surface area contributed by atoms with E-state index >= 15 is 0 Å². The molecule has 0 radical (unpaired) electrons. The molecule has 4 heterocycles. The minimum atomic E-state index is 0.0785. The molecule has 1 aromatic heterocycles. The maximum Gasteiger partial charge on any atom is 0.227 e. The van der Waals surface area contributed by atoms with Crippen LogP contribution in [0.5, 0.6) is 0 Å². The minimum Gasteiger partial charge on any atom is -0.341 e. The quantitative estimate of drug-likeness (QED) is 0.817. The molecule has 6 heteroatoms. The molecule has 3 saturated heterocycles. The molecule has 1 aromatic rings. The standard InChI is InChI=1S/C21H33N5O/c1-16-8-9-17(2)26(16)19-7-4-12-24(15-19)20(27)18-6-3-13-25(14-18)21-22-10-5-11-23-21/h5,10-11,16-19H,3-4,6-9,12-15H2,1-2H3/t16-,17+,18-,19-/m0/s1. The van der Waals surface area contributed by atoms with Gasteiger partial charge >= 0.3 is 0 Å². The van der Waals surface area contributed by atoms with Crippen molar-refractivity contribution in [2.24, 2.45) is 5.92 Å². The van der Waals surface area contributed by atoms with Crippen molar-refractivity contribution in [2.75, 3.05) is 31.1 Å². The molecule has 6 nitrogen and oxygen atoms in total. The van der Waals surface area contributed by atoms with Gasteiger partial charge in [0, 0.05) is 56.7 Å². The van der Waals surface area contributed by atoms with Crippen LogP contribution in [-0.4, -0.2) is 70.0 Å². The number of piperidine rings is 2. The molecule has 0 aromatic carbocycles. The van der Waals surface area contributed by atoms with E-state index in [9.17, 15) is 4.79 Å². The van der Waals surface area contributed by atoms with Crippen molar-refractivity contribution >= 4 is 11.9 Å². The summed E-state index contributed by atoms with van der Waals surface area (Å²) in [6.45, 7) is 8.22. The summed E-state index contributed by atoms with van der Waals surface area (Å²) in [6, 6.07) is 3.68. The molecule has 148 valence electrons. The predicted molar refractivity (Wildman–Crippen MR) is 107 cm³/mol. The molecule has 4 atom stereocenters. The van der Waals surface area contributed by atoms with E-state index in [1.54, 1.807) is 12.4 Å². The SMILES string of the molecule is C[C@@H]1CC[C@H](C)N1[C@H]1CCCN(C(=O)[C@H]2CCCN(c3ncccn3)C2)C1. The molecule has 0 saturated carbocycles. The lowest BCUT2D eigenvalue weighted by Gasteiger charge is -2.43. The van der Waals surface area contributed by atoms with E-state index in [2.05, 4.69) is 38.5 Å². The molecule has 1 amide bonds. The van der Waals surface area contributed by atoms with Gasteiger partial charge in [-0.1, -0.05) is 0 Å². The van der Waals surface area contributed by atoms with Gasteiger partial charge in [-0.05, 0) is 58.4 Å². The van der Waals surface area contributed by atoms with Crippen molar-refractivity contribution in [1.29, 1.82) is 0 Å². The Morgan fingerprint density at radius 2 is 1.67 bits per heavy atom. The van der Waals surface area contributed by atoms with Crippen LogP contribution < -0.4 is 4.90 Å². The van der Waals surface area contributed by atoms with E-state index in [1.165, 1.54) is 19.3 Å². The minimum absolute atomic E-state index is 0.0785. The Balaban J connectivity index is 1.40. The Kier molecular flexibility index (Phi) is 5.62. The molecular weight excluding hydrogens is 338 g/mol. The fourth-order valence-electron chi connectivity index (χ4n) is 5.41. The molecule has 4 rings (SSSR count). The van der Waals surface area contributed by atoms with Gasteiger partial charge in [0.2, 0.25) is 11.9 Å². The number of carbonyl (C=O) groups excluding carboxylic acids is 1. The Labute approximate surface area is 162 Å². The van der Waals surface area contributed by atoms with E-state index in [-0.39, 0.29) is 5.92 Å². The van der Waals surface area contributed by atoms with Gasteiger partial charge in [-0.25, -0.2) is 9.97 Å². The van der Waals surface area contributed by atoms with Crippen LogP contribution in [0.2, 0.25) is 0 Å². The van der Waals surface area contributed by atoms with Gasteiger partial charge in [0.1, 0.15) is 0 Å². The summed E-state index contributed by atoms with van der Waals surface area (Å²) in [7, 11) is 0. The topological polar surface area (TPSA) is 52.6 Å². The molecule has 0 spiro atoms. The molecule has 0 unspecified atom stereocenters. The van der Waals surface area contributed by atoms with Crippen LogP contribution in [0.4, 0.5) is 5.95 Å². The highest BCUT2D eigenvalue weighted by Gasteiger charge is 2.38. The first-order valence-electron chi connectivity index (χ1n) is 10.7. The normalized spacial score (nSPS) is 32.7. The molecule has 3 fully saturated rings. The predicted octanol–water partition coefficient (Wildman–Crippen LogP) is 2.56.